The SMILES string of the molecule is Cc1ccc(CC(=O)NCC2CCCO2)cc1. The fourth-order valence-electron chi connectivity index (χ4n) is 1.99. The summed E-state index contributed by atoms with van der Waals surface area (Å²) >= 11 is 0. The molecule has 1 aliphatic heterocycles. The molecule has 1 heterocycles. The third-order valence-corrected chi connectivity index (χ3v) is 3.04. The van der Waals surface area contributed by atoms with Crippen molar-refractivity contribution in [2.75, 3.05) is 13.2 Å². The summed E-state index contributed by atoms with van der Waals surface area (Å²) in [6.45, 7) is 3.52. The molecule has 1 fully saturated rings. The van der Waals surface area contributed by atoms with Crippen LogP contribution in [0.2, 0.25) is 0 Å². The molecule has 1 atom stereocenters. The number of carbonyl (C=O) groups is 1. The van der Waals surface area contributed by atoms with Gasteiger partial charge in [-0.05, 0) is 25.3 Å². The van der Waals surface area contributed by atoms with Gasteiger partial charge in [-0.25, -0.2) is 0 Å². The van der Waals surface area contributed by atoms with Gasteiger partial charge in [-0.3, -0.25) is 4.79 Å². The van der Waals surface area contributed by atoms with Crippen LogP contribution in [0.1, 0.15) is 24.0 Å². The third-order valence-electron chi connectivity index (χ3n) is 3.04. The van der Waals surface area contributed by atoms with Crippen molar-refractivity contribution in [2.45, 2.75) is 32.3 Å². The van der Waals surface area contributed by atoms with Gasteiger partial charge in [0.15, 0.2) is 0 Å². The monoisotopic (exact) mass is 233 g/mol. The number of hydrogen-bond acceptors (Lipinski definition) is 2. The van der Waals surface area contributed by atoms with Crippen LogP contribution >= 0.6 is 0 Å². The van der Waals surface area contributed by atoms with Crippen molar-refractivity contribution >= 4 is 5.91 Å². The van der Waals surface area contributed by atoms with Crippen molar-refractivity contribution in [3.8, 4) is 0 Å². The van der Waals surface area contributed by atoms with Crippen molar-refractivity contribution < 1.29 is 9.53 Å². The van der Waals surface area contributed by atoms with Gasteiger partial charge in [0, 0.05) is 13.2 Å². The molecule has 1 aromatic carbocycles. The van der Waals surface area contributed by atoms with Crippen LogP contribution in [-0.4, -0.2) is 25.2 Å². The van der Waals surface area contributed by atoms with Crippen molar-refractivity contribution in [1.29, 1.82) is 0 Å². The van der Waals surface area contributed by atoms with Crippen LogP contribution in [-0.2, 0) is 16.0 Å². The molecule has 92 valence electrons. The molecule has 17 heavy (non-hydrogen) atoms. The molecule has 3 heteroatoms. The normalized spacial score (nSPS) is 19.2. The zero-order chi connectivity index (χ0) is 12.1. The van der Waals surface area contributed by atoms with E-state index in [4.69, 9.17) is 4.74 Å². The van der Waals surface area contributed by atoms with Crippen LogP contribution in [0.5, 0.6) is 0 Å². The minimum atomic E-state index is 0.0735. The molecule has 1 aliphatic rings. The minimum absolute atomic E-state index is 0.0735. The van der Waals surface area contributed by atoms with Crippen LogP contribution in [0.4, 0.5) is 0 Å². The summed E-state index contributed by atoms with van der Waals surface area (Å²) in [6.07, 6.45) is 2.84. The summed E-state index contributed by atoms with van der Waals surface area (Å²) in [5.41, 5.74) is 2.27. The van der Waals surface area contributed by atoms with E-state index < -0.39 is 0 Å². The summed E-state index contributed by atoms with van der Waals surface area (Å²) in [5, 5.41) is 2.92. The third kappa shape index (κ3) is 3.86. The number of ether oxygens (including phenoxy) is 1. The lowest BCUT2D eigenvalue weighted by Gasteiger charge is -2.10. The Hall–Kier alpha value is -1.35. The van der Waals surface area contributed by atoms with Crippen LogP contribution in [0.15, 0.2) is 24.3 Å². The first-order valence-corrected chi connectivity index (χ1v) is 6.18. The number of carbonyl (C=O) groups excluding carboxylic acids is 1. The van der Waals surface area contributed by atoms with Crippen molar-refractivity contribution in [3.63, 3.8) is 0 Å². The Morgan fingerprint density at radius 3 is 2.82 bits per heavy atom. The van der Waals surface area contributed by atoms with Crippen LogP contribution in [0, 0.1) is 6.92 Å². The van der Waals surface area contributed by atoms with E-state index in [2.05, 4.69) is 5.32 Å². The van der Waals surface area contributed by atoms with Gasteiger partial charge >= 0.3 is 0 Å². The maximum Gasteiger partial charge on any atom is 0.224 e. The van der Waals surface area contributed by atoms with Gasteiger partial charge < -0.3 is 10.1 Å². The van der Waals surface area contributed by atoms with E-state index in [1.807, 2.05) is 31.2 Å². The minimum Gasteiger partial charge on any atom is -0.376 e. The molecule has 1 saturated heterocycles. The molecule has 0 spiro atoms. The summed E-state index contributed by atoms with van der Waals surface area (Å²) in [7, 11) is 0. The van der Waals surface area contributed by atoms with E-state index in [-0.39, 0.29) is 12.0 Å². The molecule has 1 unspecified atom stereocenters. The Bertz CT molecular complexity index is 366. The van der Waals surface area contributed by atoms with E-state index in [9.17, 15) is 4.79 Å². The largest absolute Gasteiger partial charge is 0.376 e. The topological polar surface area (TPSA) is 38.3 Å². The molecule has 0 radical (unpaired) electrons. The highest BCUT2D eigenvalue weighted by Gasteiger charge is 2.15. The number of hydrogen-bond donors (Lipinski definition) is 1. The summed E-state index contributed by atoms with van der Waals surface area (Å²) in [4.78, 5) is 11.7. The second-order valence-corrected chi connectivity index (χ2v) is 4.60. The number of amides is 1. The quantitative estimate of drug-likeness (QED) is 0.861. The lowest BCUT2D eigenvalue weighted by atomic mass is 10.1. The van der Waals surface area contributed by atoms with Crippen molar-refractivity contribution in [2.24, 2.45) is 0 Å². The molecule has 1 aromatic rings. The van der Waals surface area contributed by atoms with Crippen LogP contribution < -0.4 is 5.32 Å². The average Bonchev–Trinajstić information content (AvgIpc) is 2.83. The van der Waals surface area contributed by atoms with Gasteiger partial charge in [0.25, 0.3) is 0 Å². The van der Waals surface area contributed by atoms with E-state index in [1.165, 1.54) is 5.56 Å². The van der Waals surface area contributed by atoms with Crippen molar-refractivity contribution in [3.05, 3.63) is 35.4 Å². The van der Waals surface area contributed by atoms with Crippen LogP contribution in [0.25, 0.3) is 0 Å². The molecule has 1 amide bonds. The predicted octanol–water partition coefficient (Wildman–Crippen LogP) is 1.83. The van der Waals surface area contributed by atoms with Gasteiger partial charge in [-0.1, -0.05) is 29.8 Å². The zero-order valence-electron chi connectivity index (χ0n) is 10.2. The molecule has 0 bridgehead atoms. The Labute approximate surface area is 102 Å². The van der Waals surface area contributed by atoms with E-state index in [0.717, 1.165) is 25.0 Å². The molecular formula is C14H19NO2. The predicted molar refractivity (Wildman–Crippen MR) is 66.9 cm³/mol. The molecule has 2 rings (SSSR count). The summed E-state index contributed by atoms with van der Waals surface area (Å²) < 4.78 is 5.45. The molecule has 3 nitrogen and oxygen atoms in total. The molecule has 0 aromatic heterocycles. The van der Waals surface area contributed by atoms with Crippen molar-refractivity contribution in [1.82, 2.24) is 5.32 Å². The molecule has 1 N–H and O–H groups in total. The number of rotatable bonds is 4. The van der Waals surface area contributed by atoms with Gasteiger partial charge in [-0.2, -0.15) is 0 Å². The van der Waals surface area contributed by atoms with Gasteiger partial charge in [-0.15, -0.1) is 0 Å². The lowest BCUT2D eigenvalue weighted by Crippen LogP contribution is -2.32. The zero-order valence-corrected chi connectivity index (χ0v) is 10.2. The Balaban J connectivity index is 1.74. The number of aryl methyl sites for hydroxylation is 1. The van der Waals surface area contributed by atoms with Crippen LogP contribution in [0.3, 0.4) is 0 Å². The fourth-order valence-corrected chi connectivity index (χ4v) is 1.99. The molecular weight excluding hydrogens is 214 g/mol. The Kier molecular flexibility index (Phi) is 4.15. The Morgan fingerprint density at radius 2 is 2.18 bits per heavy atom. The Morgan fingerprint density at radius 1 is 1.41 bits per heavy atom. The van der Waals surface area contributed by atoms with E-state index in [1.54, 1.807) is 0 Å². The van der Waals surface area contributed by atoms with E-state index >= 15 is 0 Å². The number of benzene rings is 1. The lowest BCUT2D eigenvalue weighted by molar-refractivity contribution is -0.120. The highest BCUT2D eigenvalue weighted by Crippen LogP contribution is 2.10. The molecule has 0 aliphatic carbocycles. The smallest absolute Gasteiger partial charge is 0.224 e. The second kappa shape index (κ2) is 5.82. The van der Waals surface area contributed by atoms with E-state index in [0.29, 0.717) is 13.0 Å². The first-order valence-electron chi connectivity index (χ1n) is 6.18. The molecule has 0 saturated carbocycles. The van der Waals surface area contributed by atoms with Gasteiger partial charge in [0.1, 0.15) is 0 Å². The summed E-state index contributed by atoms with van der Waals surface area (Å²) in [5.74, 6) is 0.0735. The van der Waals surface area contributed by atoms with Gasteiger partial charge in [0.2, 0.25) is 5.91 Å². The summed E-state index contributed by atoms with van der Waals surface area (Å²) in [6, 6.07) is 8.06. The average molecular weight is 233 g/mol. The first kappa shape index (κ1) is 12.1. The first-order chi connectivity index (χ1) is 8.24. The van der Waals surface area contributed by atoms with Gasteiger partial charge in [0.05, 0.1) is 12.5 Å². The maximum absolute atomic E-state index is 11.7. The number of nitrogens with one attached hydrogen (secondary N) is 1. The second-order valence-electron chi connectivity index (χ2n) is 4.60. The highest BCUT2D eigenvalue weighted by molar-refractivity contribution is 5.78. The highest BCUT2D eigenvalue weighted by atomic mass is 16.5. The standard InChI is InChI=1S/C14H19NO2/c1-11-4-6-12(7-5-11)9-14(16)15-10-13-3-2-8-17-13/h4-7,13H,2-3,8-10H2,1H3,(H,15,16). The fraction of sp³-hybridized carbons (Fsp3) is 0.500. The maximum atomic E-state index is 11.7.